The van der Waals surface area contributed by atoms with Gasteiger partial charge in [-0.05, 0) is 37.3 Å². The molecule has 0 saturated carbocycles. The van der Waals surface area contributed by atoms with Gasteiger partial charge >= 0.3 is 0 Å². The minimum atomic E-state index is -0.639. The molecule has 0 amide bonds. The summed E-state index contributed by atoms with van der Waals surface area (Å²) >= 11 is 0. The van der Waals surface area contributed by atoms with E-state index in [1.54, 1.807) is 6.92 Å². The fourth-order valence-corrected chi connectivity index (χ4v) is 1.98. The molecule has 0 fully saturated rings. The Morgan fingerprint density at radius 3 is 2.62 bits per heavy atom. The molecule has 0 aliphatic carbocycles. The third kappa shape index (κ3) is 3.19. The number of hydrogen-bond donors (Lipinski definition) is 3. The predicted octanol–water partition coefficient (Wildman–Crippen LogP) is 3.32. The second kappa shape index (κ2) is 5.66. The molecule has 0 aromatic heterocycles. The average Bonchev–Trinajstić information content (AvgIpc) is 2.43. The molecular formula is C14H13FN2O4. The van der Waals surface area contributed by atoms with Crippen LogP contribution < -0.4 is 5.32 Å². The lowest BCUT2D eigenvalue weighted by atomic mass is 10.1. The smallest absolute Gasteiger partial charge is 0.296 e. The lowest BCUT2D eigenvalue weighted by molar-refractivity contribution is -0.384. The van der Waals surface area contributed by atoms with E-state index in [0.29, 0.717) is 0 Å². The largest absolute Gasteiger partial charge is 0.508 e. The predicted molar refractivity (Wildman–Crippen MR) is 74.9 cm³/mol. The first kappa shape index (κ1) is 14.6. The van der Waals surface area contributed by atoms with Gasteiger partial charge in [0.05, 0.1) is 17.0 Å². The number of phenolic OH excluding ortho intramolecular Hbond substituents is 2. The zero-order chi connectivity index (χ0) is 15.6. The van der Waals surface area contributed by atoms with Crippen molar-refractivity contribution in [2.75, 3.05) is 5.32 Å². The molecule has 0 spiro atoms. The number of phenols is 2. The molecule has 0 aliphatic rings. The summed E-state index contributed by atoms with van der Waals surface area (Å²) in [5.74, 6) is -0.858. The number of halogens is 1. The average molecular weight is 292 g/mol. The number of nitro groups is 1. The van der Waals surface area contributed by atoms with Crippen LogP contribution in [0.15, 0.2) is 36.4 Å². The van der Waals surface area contributed by atoms with Crippen LogP contribution in [-0.4, -0.2) is 15.1 Å². The summed E-state index contributed by atoms with van der Waals surface area (Å²) in [5.41, 5.74) is 0.129. The van der Waals surface area contributed by atoms with Gasteiger partial charge in [0, 0.05) is 5.56 Å². The summed E-state index contributed by atoms with van der Waals surface area (Å²) in [6.45, 7) is 1.63. The van der Waals surface area contributed by atoms with Gasteiger partial charge in [-0.25, -0.2) is 4.39 Å². The van der Waals surface area contributed by atoms with Gasteiger partial charge < -0.3 is 15.5 Å². The first-order chi connectivity index (χ1) is 9.88. The van der Waals surface area contributed by atoms with Crippen molar-refractivity contribution in [3.05, 3.63) is 57.9 Å². The Morgan fingerprint density at radius 2 is 1.95 bits per heavy atom. The highest BCUT2D eigenvalue weighted by atomic mass is 19.1. The van der Waals surface area contributed by atoms with Gasteiger partial charge in [0.15, 0.2) is 0 Å². The van der Waals surface area contributed by atoms with Crippen molar-refractivity contribution >= 4 is 11.4 Å². The van der Waals surface area contributed by atoms with Crippen molar-refractivity contribution in [2.24, 2.45) is 0 Å². The lowest BCUT2D eigenvalue weighted by Crippen LogP contribution is -2.09. The Balaban J connectivity index is 2.33. The summed E-state index contributed by atoms with van der Waals surface area (Å²) in [6.07, 6.45) is 0. The van der Waals surface area contributed by atoms with Crippen molar-refractivity contribution in [1.29, 1.82) is 0 Å². The standard InChI is InChI=1S/C14H13FN2O4/c1-8(11-6-9(15)2-5-14(11)19)16-12-4-3-10(18)7-13(12)17(20)21/h2-8,16,18-19H,1H3. The van der Waals surface area contributed by atoms with Gasteiger partial charge in [0.1, 0.15) is 23.0 Å². The molecule has 1 atom stereocenters. The molecular weight excluding hydrogens is 279 g/mol. The van der Waals surface area contributed by atoms with Crippen LogP contribution in [0.25, 0.3) is 0 Å². The number of nitrogens with one attached hydrogen (secondary N) is 1. The molecule has 0 radical (unpaired) electrons. The van der Waals surface area contributed by atoms with Gasteiger partial charge in [0.25, 0.3) is 5.69 Å². The lowest BCUT2D eigenvalue weighted by Gasteiger charge is -2.17. The first-order valence-electron chi connectivity index (χ1n) is 6.11. The van der Waals surface area contributed by atoms with Gasteiger partial charge in [-0.2, -0.15) is 0 Å². The summed E-state index contributed by atoms with van der Waals surface area (Å²) in [6, 6.07) is 6.58. The number of nitrogens with zero attached hydrogens (tertiary/aromatic N) is 1. The van der Waals surface area contributed by atoms with Crippen molar-refractivity contribution < 1.29 is 19.5 Å². The summed E-state index contributed by atoms with van der Waals surface area (Å²) in [7, 11) is 0. The molecule has 0 bridgehead atoms. The monoisotopic (exact) mass is 292 g/mol. The molecule has 0 heterocycles. The van der Waals surface area contributed by atoms with Crippen LogP contribution in [0.4, 0.5) is 15.8 Å². The quantitative estimate of drug-likeness (QED) is 0.456. The fourth-order valence-electron chi connectivity index (χ4n) is 1.98. The highest BCUT2D eigenvalue weighted by Crippen LogP contribution is 2.33. The molecule has 2 aromatic carbocycles. The van der Waals surface area contributed by atoms with Gasteiger partial charge in [-0.3, -0.25) is 10.1 Å². The number of aromatic hydroxyl groups is 2. The first-order valence-corrected chi connectivity index (χ1v) is 6.11. The summed E-state index contributed by atoms with van der Waals surface area (Å²) in [4.78, 5) is 10.3. The Morgan fingerprint density at radius 1 is 1.24 bits per heavy atom. The van der Waals surface area contributed by atoms with Crippen LogP contribution in [0.2, 0.25) is 0 Å². The highest BCUT2D eigenvalue weighted by Gasteiger charge is 2.18. The molecule has 7 heteroatoms. The molecule has 110 valence electrons. The topological polar surface area (TPSA) is 95.6 Å². The van der Waals surface area contributed by atoms with Crippen molar-refractivity contribution in [3.8, 4) is 11.5 Å². The van der Waals surface area contributed by atoms with Crippen LogP contribution in [0.5, 0.6) is 11.5 Å². The van der Waals surface area contributed by atoms with E-state index in [1.807, 2.05) is 0 Å². The van der Waals surface area contributed by atoms with E-state index in [9.17, 15) is 24.7 Å². The van der Waals surface area contributed by atoms with Crippen LogP contribution in [0.1, 0.15) is 18.5 Å². The normalized spacial score (nSPS) is 11.9. The molecule has 3 N–H and O–H groups in total. The van der Waals surface area contributed by atoms with E-state index < -0.39 is 16.8 Å². The number of rotatable bonds is 4. The third-order valence-electron chi connectivity index (χ3n) is 3.01. The number of nitro benzene ring substituents is 1. The van der Waals surface area contributed by atoms with Gasteiger partial charge in [0.2, 0.25) is 0 Å². The molecule has 2 rings (SSSR count). The van der Waals surface area contributed by atoms with Crippen molar-refractivity contribution in [1.82, 2.24) is 0 Å². The minimum absolute atomic E-state index is 0.113. The fraction of sp³-hybridized carbons (Fsp3) is 0.143. The Labute approximate surface area is 119 Å². The minimum Gasteiger partial charge on any atom is -0.508 e. The van der Waals surface area contributed by atoms with Crippen LogP contribution in [0, 0.1) is 15.9 Å². The van der Waals surface area contributed by atoms with Crippen LogP contribution in [-0.2, 0) is 0 Å². The summed E-state index contributed by atoms with van der Waals surface area (Å²) in [5, 5.41) is 32.8. The van der Waals surface area contributed by atoms with Gasteiger partial charge in [-0.15, -0.1) is 0 Å². The zero-order valence-corrected chi connectivity index (χ0v) is 11.1. The van der Waals surface area contributed by atoms with Crippen LogP contribution in [0.3, 0.4) is 0 Å². The maximum Gasteiger partial charge on any atom is 0.296 e. The van der Waals surface area contributed by atoms with E-state index in [0.717, 1.165) is 18.2 Å². The molecule has 21 heavy (non-hydrogen) atoms. The van der Waals surface area contributed by atoms with Crippen LogP contribution >= 0.6 is 0 Å². The number of benzene rings is 2. The SMILES string of the molecule is CC(Nc1ccc(O)cc1[N+](=O)[O-])c1cc(F)ccc1O. The van der Waals surface area contributed by atoms with Crippen molar-refractivity contribution in [2.45, 2.75) is 13.0 Å². The number of anilines is 1. The molecule has 0 saturated heterocycles. The Bertz CT molecular complexity index is 691. The van der Waals surface area contributed by atoms with E-state index >= 15 is 0 Å². The highest BCUT2D eigenvalue weighted by molar-refractivity contribution is 5.64. The maximum atomic E-state index is 13.2. The molecule has 1 unspecified atom stereocenters. The molecule has 6 nitrogen and oxygen atoms in total. The van der Waals surface area contributed by atoms with Gasteiger partial charge in [-0.1, -0.05) is 0 Å². The second-order valence-electron chi connectivity index (χ2n) is 4.53. The van der Waals surface area contributed by atoms with E-state index in [1.165, 1.54) is 18.2 Å². The summed E-state index contributed by atoms with van der Waals surface area (Å²) < 4.78 is 13.2. The van der Waals surface area contributed by atoms with E-state index in [4.69, 9.17) is 0 Å². The number of hydrogen-bond acceptors (Lipinski definition) is 5. The Hall–Kier alpha value is -2.83. The van der Waals surface area contributed by atoms with E-state index in [-0.39, 0.29) is 28.4 Å². The van der Waals surface area contributed by atoms with Crippen molar-refractivity contribution in [3.63, 3.8) is 0 Å². The zero-order valence-electron chi connectivity index (χ0n) is 11.1. The maximum absolute atomic E-state index is 13.2. The third-order valence-corrected chi connectivity index (χ3v) is 3.01. The van der Waals surface area contributed by atoms with E-state index in [2.05, 4.69) is 5.32 Å². The molecule has 0 aliphatic heterocycles. The second-order valence-corrected chi connectivity index (χ2v) is 4.53. The molecule has 2 aromatic rings. The Kier molecular flexibility index (Phi) is 3.93.